The molecule has 0 aliphatic carbocycles. The largest absolute Gasteiger partial charge is 0.304 e. The standard InChI is InChI=1S/C16H15NS/c1-16(2)13-10-6-7-11-14(13)17(15(16)18)12-8-4-3-5-9-12/h3-11H,1-2H3. The van der Waals surface area contributed by atoms with E-state index in [0.29, 0.717) is 0 Å². The lowest BCUT2D eigenvalue weighted by Crippen LogP contribution is -2.31. The van der Waals surface area contributed by atoms with Gasteiger partial charge in [0, 0.05) is 11.1 Å². The van der Waals surface area contributed by atoms with Gasteiger partial charge in [0.15, 0.2) is 0 Å². The summed E-state index contributed by atoms with van der Waals surface area (Å²) in [6, 6.07) is 18.8. The van der Waals surface area contributed by atoms with Crippen LogP contribution in [0.2, 0.25) is 0 Å². The van der Waals surface area contributed by atoms with E-state index in [1.165, 1.54) is 11.3 Å². The molecular formula is C16H15NS. The molecule has 0 spiro atoms. The fraction of sp³-hybridized carbons (Fsp3) is 0.188. The molecule has 3 rings (SSSR count). The van der Waals surface area contributed by atoms with Crippen LogP contribution in [-0.2, 0) is 5.41 Å². The molecular weight excluding hydrogens is 238 g/mol. The second kappa shape index (κ2) is 3.92. The SMILES string of the molecule is CC1(C)C(=S)N(c2ccccc2)c2ccccc21. The van der Waals surface area contributed by atoms with E-state index < -0.39 is 0 Å². The van der Waals surface area contributed by atoms with E-state index in [-0.39, 0.29) is 5.41 Å². The average molecular weight is 253 g/mol. The first-order valence-corrected chi connectivity index (χ1v) is 6.52. The quantitative estimate of drug-likeness (QED) is 0.691. The van der Waals surface area contributed by atoms with Crippen molar-refractivity contribution in [2.45, 2.75) is 19.3 Å². The maximum absolute atomic E-state index is 5.69. The smallest absolute Gasteiger partial charge is 0.0972 e. The van der Waals surface area contributed by atoms with Crippen molar-refractivity contribution in [3.63, 3.8) is 0 Å². The van der Waals surface area contributed by atoms with Crippen LogP contribution in [0.15, 0.2) is 54.6 Å². The summed E-state index contributed by atoms with van der Waals surface area (Å²) in [5, 5.41) is 0. The third kappa shape index (κ3) is 1.49. The van der Waals surface area contributed by atoms with Gasteiger partial charge in [0.05, 0.1) is 10.7 Å². The van der Waals surface area contributed by atoms with Crippen molar-refractivity contribution in [1.82, 2.24) is 0 Å². The van der Waals surface area contributed by atoms with Gasteiger partial charge in [-0.1, -0.05) is 48.6 Å². The number of rotatable bonds is 1. The maximum atomic E-state index is 5.69. The van der Waals surface area contributed by atoms with Crippen molar-refractivity contribution in [3.05, 3.63) is 60.2 Å². The summed E-state index contributed by atoms with van der Waals surface area (Å²) in [5.74, 6) is 0. The van der Waals surface area contributed by atoms with Crippen molar-refractivity contribution < 1.29 is 0 Å². The first-order chi connectivity index (χ1) is 8.62. The minimum absolute atomic E-state index is 0.0816. The number of nitrogens with zero attached hydrogens (tertiary/aromatic N) is 1. The Morgan fingerprint density at radius 2 is 1.50 bits per heavy atom. The van der Waals surface area contributed by atoms with Crippen LogP contribution < -0.4 is 4.90 Å². The number of anilines is 2. The molecule has 0 saturated carbocycles. The zero-order valence-corrected chi connectivity index (χ0v) is 11.4. The highest BCUT2D eigenvalue weighted by Gasteiger charge is 2.40. The molecule has 0 aromatic heterocycles. The van der Waals surface area contributed by atoms with Crippen molar-refractivity contribution >= 4 is 28.6 Å². The minimum Gasteiger partial charge on any atom is -0.304 e. The van der Waals surface area contributed by atoms with Gasteiger partial charge in [-0.05, 0) is 37.6 Å². The summed E-state index contributed by atoms with van der Waals surface area (Å²) < 4.78 is 0. The molecule has 2 aromatic rings. The van der Waals surface area contributed by atoms with Gasteiger partial charge in [0.1, 0.15) is 0 Å². The van der Waals surface area contributed by atoms with Gasteiger partial charge >= 0.3 is 0 Å². The van der Waals surface area contributed by atoms with Crippen LogP contribution in [-0.4, -0.2) is 4.99 Å². The van der Waals surface area contributed by atoms with E-state index >= 15 is 0 Å². The van der Waals surface area contributed by atoms with E-state index in [1.807, 2.05) is 18.2 Å². The molecule has 0 saturated heterocycles. The predicted molar refractivity (Wildman–Crippen MR) is 80.6 cm³/mol. The molecule has 2 heteroatoms. The number of benzene rings is 2. The predicted octanol–water partition coefficient (Wildman–Crippen LogP) is 4.44. The Hall–Kier alpha value is -1.67. The normalized spacial score (nSPS) is 16.8. The third-order valence-corrected chi connectivity index (χ3v) is 4.26. The average Bonchev–Trinajstić information content (AvgIpc) is 2.60. The lowest BCUT2D eigenvalue weighted by atomic mass is 9.87. The fourth-order valence-electron chi connectivity index (χ4n) is 2.53. The molecule has 1 heterocycles. The molecule has 0 fully saturated rings. The van der Waals surface area contributed by atoms with Crippen LogP contribution in [0.3, 0.4) is 0 Å². The zero-order valence-electron chi connectivity index (χ0n) is 10.6. The van der Waals surface area contributed by atoms with Gasteiger partial charge < -0.3 is 4.90 Å². The van der Waals surface area contributed by atoms with E-state index in [0.717, 1.165) is 10.7 Å². The molecule has 0 atom stereocenters. The summed E-state index contributed by atoms with van der Waals surface area (Å²) in [7, 11) is 0. The highest BCUT2D eigenvalue weighted by atomic mass is 32.1. The highest BCUT2D eigenvalue weighted by Crippen LogP contribution is 2.45. The Balaban J connectivity index is 2.21. The third-order valence-electron chi connectivity index (χ3n) is 3.57. The van der Waals surface area contributed by atoms with Gasteiger partial charge in [-0.3, -0.25) is 0 Å². The molecule has 1 aliphatic heterocycles. The fourth-order valence-corrected chi connectivity index (χ4v) is 2.85. The van der Waals surface area contributed by atoms with E-state index in [1.54, 1.807) is 0 Å². The molecule has 0 bridgehead atoms. The van der Waals surface area contributed by atoms with Crippen molar-refractivity contribution in [2.24, 2.45) is 0 Å². The Morgan fingerprint density at radius 3 is 2.22 bits per heavy atom. The monoisotopic (exact) mass is 253 g/mol. The molecule has 0 radical (unpaired) electrons. The number of thiocarbonyl (C=S) groups is 1. The van der Waals surface area contributed by atoms with Gasteiger partial charge in [-0.15, -0.1) is 0 Å². The summed E-state index contributed by atoms with van der Waals surface area (Å²) in [5.41, 5.74) is 3.57. The van der Waals surface area contributed by atoms with Crippen LogP contribution in [0.1, 0.15) is 19.4 Å². The molecule has 0 N–H and O–H groups in total. The molecule has 1 nitrogen and oxygen atoms in total. The van der Waals surface area contributed by atoms with E-state index in [9.17, 15) is 0 Å². The first kappa shape index (κ1) is 11.4. The molecule has 18 heavy (non-hydrogen) atoms. The number of hydrogen-bond donors (Lipinski definition) is 0. The summed E-state index contributed by atoms with van der Waals surface area (Å²) in [4.78, 5) is 3.15. The van der Waals surface area contributed by atoms with Crippen LogP contribution in [0.5, 0.6) is 0 Å². The summed E-state index contributed by atoms with van der Waals surface area (Å²) >= 11 is 5.69. The lowest BCUT2D eigenvalue weighted by Gasteiger charge is -2.23. The molecule has 0 unspecified atom stereocenters. The summed E-state index contributed by atoms with van der Waals surface area (Å²) in [6.45, 7) is 4.38. The Bertz CT molecular complexity index is 602. The summed E-state index contributed by atoms with van der Waals surface area (Å²) in [6.07, 6.45) is 0. The van der Waals surface area contributed by atoms with Crippen LogP contribution in [0, 0.1) is 0 Å². The molecule has 90 valence electrons. The second-order valence-corrected chi connectivity index (χ2v) is 5.50. The van der Waals surface area contributed by atoms with Gasteiger partial charge in [-0.25, -0.2) is 0 Å². The number of hydrogen-bond acceptors (Lipinski definition) is 1. The number of para-hydroxylation sites is 2. The first-order valence-electron chi connectivity index (χ1n) is 6.11. The van der Waals surface area contributed by atoms with E-state index in [4.69, 9.17) is 12.2 Å². The Morgan fingerprint density at radius 1 is 0.889 bits per heavy atom. The zero-order chi connectivity index (χ0) is 12.8. The van der Waals surface area contributed by atoms with Crippen molar-refractivity contribution in [2.75, 3.05) is 4.90 Å². The molecule has 2 aromatic carbocycles. The van der Waals surface area contributed by atoms with Crippen molar-refractivity contribution in [3.8, 4) is 0 Å². The Kier molecular flexibility index (Phi) is 2.49. The van der Waals surface area contributed by atoms with Crippen LogP contribution in [0.25, 0.3) is 0 Å². The second-order valence-electron chi connectivity index (χ2n) is 5.12. The van der Waals surface area contributed by atoms with Crippen LogP contribution in [0.4, 0.5) is 11.4 Å². The topological polar surface area (TPSA) is 3.24 Å². The van der Waals surface area contributed by atoms with Gasteiger partial charge in [-0.2, -0.15) is 0 Å². The van der Waals surface area contributed by atoms with E-state index in [2.05, 4.69) is 55.1 Å². The van der Waals surface area contributed by atoms with Crippen LogP contribution >= 0.6 is 12.2 Å². The van der Waals surface area contributed by atoms with Crippen molar-refractivity contribution in [1.29, 1.82) is 0 Å². The minimum atomic E-state index is -0.0816. The van der Waals surface area contributed by atoms with Gasteiger partial charge in [0.25, 0.3) is 0 Å². The Labute approximate surface area is 113 Å². The number of fused-ring (bicyclic) bond motifs is 1. The molecule has 0 amide bonds. The highest BCUT2D eigenvalue weighted by molar-refractivity contribution is 7.80. The maximum Gasteiger partial charge on any atom is 0.0972 e. The van der Waals surface area contributed by atoms with Gasteiger partial charge in [0.2, 0.25) is 0 Å². The molecule has 1 aliphatic rings. The lowest BCUT2D eigenvalue weighted by molar-refractivity contribution is 0.745.